The SMILES string of the molecule is O=C(c1ccc(COc2ccc3ccccc3c2)o1)N1CCN(CC2CCCO2)CC1. The minimum absolute atomic E-state index is 0.0475. The van der Waals surface area contributed by atoms with Gasteiger partial charge in [0.15, 0.2) is 5.76 Å². The molecule has 31 heavy (non-hydrogen) atoms. The van der Waals surface area contributed by atoms with Crippen molar-refractivity contribution in [2.75, 3.05) is 39.3 Å². The number of ether oxygens (including phenoxy) is 2. The molecule has 0 radical (unpaired) electrons. The molecule has 6 nitrogen and oxygen atoms in total. The summed E-state index contributed by atoms with van der Waals surface area (Å²) in [6.45, 7) is 5.34. The lowest BCUT2D eigenvalue weighted by Crippen LogP contribution is -2.50. The van der Waals surface area contributed by atoms with E-state index in [4.69, 9.17) is 13.9 Å². The van der Waals surface area contributed by atoms with Crippen LogP contribution in [-0.2, 0) is 11.3 Å². The summed E-state index contributed by atoms with van der Waals surface area (Å²) < 4.78 is 17.4. The zero-order valence-electron chi connectivity index (χ0n) is 17.7. The molecule has 1 amide bonds. The Hall–Kier alpha value is -2.83. The van der Waals surface area contributed by atoms with Crippen molar-refractivity contribution in [1.82, 2.24) is 9.80 Å². The van der Waals surface area contributed by atoms with Gasteiger partial charge in [-0.05, 0) is 47.9 Å². The normalized spacial score (nSPS) is 19.7. The summed E-state index contributed by atoms with van der Waals surface area (Å²) in [6.07, 6.45) is 2.67. The van der Waals surface area contributed by atoms with Crippen LogP contribution in [0.25, 0.3) is 10.8 Å². The summed E-state index contributed by atoms with van der Waals surface area (Å²) in [5, 5.41) is 2.31. The predicted molar refractivity (Wildman–Crippen MR) is 118 cm³/mol. The molecule has 1 aromatic heterocycles. The van der Waals surface area contributed by atoms with Crippen molar-refractivity contribution in [3.63, 3.8) is 0 Å². The molecule has 2 aliphatic heterocycles. The van der Waals surface area contributed by atoms with Gasteiger partial charge in [-0.15, -0.1) is 0 Å². The monoisotopic (exact) mass is 420 g/mol. The van der Waals surface area contributed by atoms with E-state index in [1.165, 1.54) is 5.39 Å². The molecule has 5 rings (SSSR count). The molecule has 1 atom stereocenters. The van der Waals surface area contributed by atoms with Gasteiger partial charge >= 0.3 is 0 Å². The van der Waals surface area contributed by atoms with Crippen LogP contribution in [0.2, 0.25) is 0 Å². The van der Waals surface area contributed by atoms with Crippen LogP contribution in [-0.4, -0.2) is 61.1 Å². The number of benzene rings is 2. The summed E-state index contributed by atoms with van der Waals surface area (Å²) in [6, 6.07) is 17.8. The zero-order chi connectivity index (χ0) is 21.0. The average Bonchev–Trinajstić information content (AvgIpc) is 3.50. The lowest BCUT2D eigenvalue weighted by Gasteiger charge is -2.35. The lowest BCUT2D eigenvalue weighted by molar-refractivity contribution is 0.0415. The van der Waals surface area contributed by atoms with Gasteiger partial charge in [-0.3, -0.25) is 9.69 Å². The summed E-state index contributed by atoms with van der Waals surface area (Å²) in [4.78, 5) is 17.1. The quantitative estimate of drug-likeness (QED) is 0.604. The Labute approximate surface area is 182 Å². The van der Waals surface area contributed by atoms with Gasteiger partial charge in [-0.1, -0.05) is 30.3 Å². The van der Waals surface area contributed by atoms with Crippen molar-refractivity contribution in [2.45, 2.75) is 25.6 Å². The number of carbonyl (C=O) groups is 1. The van der Waals surface area contributed by atoms with E-state index >= 15 is 0 Å². The van der Waals surface area contributed by atoms with Crippen LogP contribution in [0, 0.1) is 0 Å². The highest BCUT2D eigenvalue weighted by Gasteiger charge is 2.26. The molecule has 0 aliphatic carbocycles. The number of hydrogen-bond donors (Lipinski definition) is 0. The maximum absolute atomic E-state index is 12.8. The molecule has 0 spiro atoms. The molecule has 0 saturated carbocycles. The van der Waals surface area contributed by atoms with Gasteiger partial charge in [0.05, 0.1) is 6.10 Å². The number of furan rings is 1. The molecule has 0 N–H and O–H groups in total. The lowest BCUT2D eigenvalue weighted by atomic mass is 10.1. The van der Waals surface area contributed by atoms with Crippen molar-refractivity contribution < 1.29 is 18.7 Å². The predicted octanol–water partition coefficient (Wildman–Crippen LogP) is 3.95. The Morgan fingerprint density at radius 2 is 1.84 bits per heavy atom. The number of nitrogens with zero attached hydrogens (tertiary/aromatic N) is 2. The molecule has 6 heteroatoms. The van der Waals surface area contributed by atoms with Crippen molar-refractivity contribution in [1.29, 1.82) is 0 Å². The Morgan fingerprint density at radius 3 is 2.65 bits per heavy atom. The molecule has 162 valence electrons. The molecule has 3 aromatic rings. The van der Waals surface area contributed by atoms with Gasteiger partial charge in [0, 0.05) is 39.3 Å². The van der Waals surface area contributed by atoms with Gasteiger partial charge in [0.1, 0.15) is 18.1 Å². The highest BCUT2D eigenvalue weighted by molar-refractivity contribution is 5.91. The largest absolute Gasteiger partial charge is 0.486 e. The summed E-state index contributed by atoms with van der Waals surface area (Å²) in [5.74, 6) is 1.76. The third kappa shape index (κ3) is 4.75. The zero-order valence-corrected chi connectivity index (χ0v) is 17.7. The van der Waals surface area contributed by atoms with Crippen LogP contribution < -0.4 is 4.74 Å². The second-order valence-electron chi connectivity index (χ2n) is 8.29. The smallest absolute Gasteiger partial charge is 0.289 e. The van der Waals surface area contributed by atoms with Crippen LogP contribution in [0.15, 0.2) is 59.0 Å². The maximum atomic E-state index is 12.8. The van der Waals surface area contributed by atoms with E-state index in [0.717, 1.165) is 63.3 Å². The summed E-state index contributed by atoms with van der Waals surface area (Å²) in [5.41, 5.74) is 0. The second kappa shape index (κ2) is 9.12. The Bertz CT molecular complexity index is 1030. The topological polar surface area (TPSA) is 55.2 Å². The van der Waals surface area contributed by atoms with Crippen LogP contribution in [0.4, 0.5) is 0 Å². The number of amides is 1. The standard InChI is InChI=1S/C25H28N2O4/c28-25(27-13-11-26(12-14-27)17-22-6-3-15-29-22)24-10-9-23(31-24)18-30-21-8-7-19-4-1-2-5-20(19)16-21/h1-2,4-5,7-10,16,22H,3,6,11-15,17-18H2. The van der Waals surface area contributed by atoms with E-state index in [2.05, 4.69) is 17.0 Å². The fraction of sp³-hybridized carbons (Fsp3) is 0.400. The third-order valence-corrected chi connectivity index (χ3v) is 6.12. The van der Waals surface area contributed by atoms with Crippen LogP contribution in [0.1, 0.15) is 29.2 Å². The van der Waals surface area contributed by atoms with Crippen molar-refractivity contribution in [2.24, 2.45) is 0 Å². The van der Waals surface area contributed by atoms with E-state index in [9.17, 15) is 4.79 Å². The van der Waals surface area contributed by atoms with E-state index in [1.807, 2.05) is 41.3 Å². The van der Waals surface area contributed by atoms with Crippen LogP contribution in [0.3, 0.4) is 0 Å². The third-order valence-electron chi connectivity index (χ3n) is 6.12. The maximum Gasteiger partial charge on any atom is 0.289 e. The molecule has 2 fully saturated rings. The van der Waals surface area contributed by atoms with E-state index in [0.29, 0.717) is 24.2 Å². The Morgan fingerprint density at radius 1 is 1.00 bits per heavy atom. The highest BCUT2D eigenvalue weighted by atomic mass is 16.5. The van der Waals surface area contributed by atoms with Gasteiger partial charge in [0.25, 0.3) is 5.91 Å². The van der Waals surface area contributed by atoms with Gasteiger partial charge in [-0.2, -0.15) is 0 Å². The first-order valence-corrected chi connectivity index (χ1v) is 11.1. The first kappa shape index (κ1) is 20.1. The second-order valence-corrected chi connectivity index (χ2v) is 8.29. The van der Waals surface area contributed by atoms with E-state index in [1.54, 1.807) is 6.07 Å². The first-order chi connectivity index (χ1) is 15.2. The minimum Gasteiger partial charge on any atom is -0.486 e. The first-order valence-electron chi connectivity index (χ1n) is 11.1. The summed E-state index contributed by atoms with van der Waals surface area (Å²) in [7, 11) is 0. The number of hydrogen-bond acceptors (Lipinski definition) is 5. The molecule has 3 heterocycles. The van der Waals surface area contributed by atoms with Gasteiger partial charge < -0.3 is 18.8 Å². The Balaban J connectivity index is 1.13. The fourth-order valence-electron chi connectivity index (χ4n) is 4.35. The van der Waals surface area contributed by atoms with E-state index < -0.39 is 0 Å². The van der Waals surface area contributed by atoms with Crippen molar-refractivity contribution in [3.8, 4) is 5.75 Å². The number of fused-ring (bicyclic) bond motifs is 1. The molecular formula is C25H28N2O4. The van der Waals surface area contributed by atoms with Crippen LogP contribution in [0.5, 0.6) is 5.75 Å². The van der Waals surface area contributed by atoms with Crippen molar-refractivity contribution >= 4 is 16.7 Å². The van der Waals surface area contributed by atoms with Gasteiger partial charge in [0.2, 0.25) is 0 Å². The average molecular weight is 421 g/mol. The molecule has 2 aliphatic rings. The highest BCUT2D eigenvalue weighted by Crippen LogP contribution is 2.22. The van der Waals surface area contributed by atoms with Gasteiger partial charge in [-0.25, -0.2) is 0 Å². The molecular weight excluding hydrogens is 392 g/mol. The molecule has 1 unspecified atom stereocenters. The number of rotatable bonds is 6. The van der Waals surface area contributed by atoms with E-state index in [-0.39, 0.29) is 5.91 Å². The Kier molecular flexibility index (Phi) is 5.91. The van der Waals surface area contributed by atoms with Crippen molar-refractivity contribution in [3.05, 3.63) is 66.1 Å². The minimum atomic E-state index is -0.0475. The molecule has 2 aromatic carbocycles. The fourth-order valence-corrected chi connectivity index (χ4v) is 4.35. The molecule has 0 bridgehead atoms. The number of carbonyl (C=O) groups excluding carboxylic acids is 1. The molecule has 2 saturated heterocycles. The number of piperazine rings is 1. The summed E-state index contributed by atoms with van der Waals surface area (Å²) >= 11 is 0. The van der Waals surface area contributed by atoms with Crippen LogP contribution >= 0.6 is 0 Å².